The van der Waals surface area contributed by atoms with Crippen molar-refractivity contribution in [2.24, 2.45) is 0 Å². The van der Waals surface area contributed by atoms with Crippen LogP contribution in [0.3, 0.4) is 0 Å². The average molecular weight is 593 g/mol. The number of hydrogen-bond donors (Lipinski definition) is 1. The molecule has 0 amide bonds. The van der Waals surface area contributed by atoms with Gasteiger partial charge in [-0.15, -0.1) is 0 Å². The molecule has 2 saturated heterocycles. The van der Waals surface area contributed by atoms with E-state index in [1.807, 2.05) is 91.0 Å². The van der Waals surface area contributed by atoms with Crippen molar-refractivity contribution in [2.45, 2.75) is 54.0 Å². The Labute approximate surface area is 242 Å². The summed E-state index contributed by atoms with van der Waals surface area (Å²) in [5.41, 5.74) is 2.78. The van der Waals surface area contributed by atoms with Crippen LogP contribution in [0.1, 0.15) is 23.0 Å². The minimum atomic E-state index is -2.08. The zero-order valence-electron chi connectivity index (χ0n) is 20.8. The molecule has 3 aromatic carbocycles. The van der Waals surface area contributed by atoms with E-state index in [4.69, 9.17) is 68.6 Å². The predicted molar refractivity (Wildman–Crippen MR) is 148 cm³/mol. The van der Waals surface area contributed by atoms with Gasteiger partial charge in [-0.1, -0.05) is 126 Å². The van der Waals surface area contributed by atoms with Gasteiger partial charge in [0, 0.05) is 5.56 Å². The van der Waals surface area contributed by atoms with Crippen LogP contribution in [0.4, 0.5) is 0 Å². The Morgan fingerprint density at radius 1 is 0.769 bits per heavy atom. The third-order valence-electron chi connectivity index (χ3n) is 6.42. The van der Waals surface area contributed by atoms with Crippen molar-refractivity contribution in [1.29, 1.82) is 5.41 Å². The molecule has 0 aromatic heterocycles. The minimum absolute atomic E-state index is 0.196. The molecular weight excluding hydrogens is 565 g/mol. The van der Waals surface area contributed by atoms with Crippen LogP contribution in [0.2, 0.25) is 0 Å². The number of ether oxygens (including phenoxy) is 6. The summed E-state index contributed by atoms with van der Waals surface area (Å²) in [6.45, 7) is 0.716. The van der Waals surface area contributed by atoms with Crippen molar-refractivity contribution < 1.29 is 28.4 Å². The summed E-state index contributed by atoms with van der Waals surface area (Å²) in [7, 11) is 0. The molecule has 1 N–H and O–H groups in total. The highest BCUT2D eigenvalue weighted by Gasteiger charge is 2.53. The van der Waals surface area contributed by atoms with Gasteiger partial charge in [0.15, 0.2) is 6.29 Å². The fourth-order valence-electron chi connectivity index (χ4n) is 4.50. The molecule has 2 heterocycles. The van der Waals surface area contributed by atoms with E-state index < -0.39 is 46.7 Å². The first-order valence-corrected chi connectivity index (χ1v) is 13.6. The molecule has 3 aromatic rings. The molecule has 0 radical (unpaired) electrons. The Morgan fingerprint density at radius 2 is 1.31 bits per heavy atom. The van der Waals surface area contributed by atoms with E-state index in [9.17, 15) is 0 Å². The van der Waals surface area contributed by atoms with Crippen molar-refractivity contribution in [2.75, 3.05) is 6.61 Å². The normalized spacial score (nSPS) is 26.9. The lowest BCUT2D eigenvalue weighted by Crippen LogP contribution is -2.64. The molecule has 0 aliphatic carbocycles. The molecule has 7 nitrogen and oxygen atoms in total. The van der Waals surface area contributed by atoms with Crippen molar-refractivity contribution in [1.82, 2.24) is 0 Å². The SMILES string of the molecule is N=C(OC1O[C@@H]2CO[C@@H](c3ccccc3)O[C@H]2[C@H](OCc2ccccc2)[C@@H]1OCc1ccccc1)C(Cl)(Cl)Cl. The first-order chi connectivity index (χ1) is 18.9. The number of fused-ring (bicyclic) bond motifs is 1. The third-order valence-corrected chi connectivity index (χ3v) is 6.93. The van der Waals surface area contributed by atoms with Gasteiger partial charge >= 0.3 is 0 Å². The first-order valence-electron chi connectivity index (χ1n) is 12.5. The maximum atomic E-state index is 8.18. The zero-order chi connectivity index (χ0) is 27.2. The van der Waals surface area contributed by atoms with Gasteiger partial charge in [-0.05, 0) is 11.1 Å². The van der Waals surface area contributed by atoms with Crippen LogP contribution in [0.25, 0.3) is 0 Å². The fraction of sp³-hybridized carbons (Fsp3) is 0.345. The van der Waals surface area contributed by atoms with Crippen LogP contribution in [-0.4, -0.2) is 47.0 Å². The van der Waals surface area contributed by atoms with Crippen molar-refractivity contribution in [3.8, 4) is 0 Å². The Bertz CT molecular complexity index is 1200. The molecule has 2 aliphatic heterocycles. The summed E-state index contributed by atoms with van der Waals surface area (Å²) < 4.78 is 35.2. The van der Waals surface area contributed by atoms with E-state index in [2.05, 4.69) is 0 Å². The van der Waals surface area contributed by atoms with Crippen molar-refractivity contribution in [3.63, 3.8) is 0 Å². The molecule has 39 heavy (non-hydrogen) atoms. The smallest absolute Gasteiger partial charge is 0.265 e. The van der Waals surface area contributed by atoms with Gasteiger partial charge in [-0.25, -0.2) is 0 Å². The van der Waals surface area contributed by atoms with E-state index >= 15 is 0 Å². The Hall–Kier alpha value is -2.20. The van der Waals surface area contributed by atoms with Gasteiger partial charge in [0.05, 0.1) is 19.8 Å². The van der Waals surface area contributed by atoms with E-state index in [1.54, 1.807) is 0 Å². The van der Waals surface area contributed by atoms with Gasteiger partial charge in [-0.3, -0.25) is 5.41 Å². The maximum absolute atomic E-state index is 8.18. The Kier molecular flexibility index (Phi) is 9.43. The summed E-state index contributed by atoms with van der Waals surface area (Å²) in [4.78, 5) is 0. The van der Waals surface area contributed by atoms with Crippen molar-refractivity contribution in [3.05, 3.63) is 108 Å². The van der Waals surface area contributed by atoms with Gasteiger partial charge < -0.3 is 28.4 Å². The standard InChI is InChI=1S/C29H28Cl3NO6/c30-29(31,32)28(33)39-27-25(35-17-20-12-6-2-7-13-20)24(34-16-19-10-4-1-5-11-19)23-22(37-27)18-36-26(38-23)21-14-8-3-9-15-21/h1-15,22-27,33H,16-18H2/t22-,23-,24+,25+,26-,27?/m1/s1. The number of hydrogen-bond acceptors (Lipinski definition) is 7. The number of benzene rings is 3. The molecule has 206 valence electrons. The van der Waals surface area contributed by atoms with Crippen LogP contribution in [0.15, 0.2) is 91.0 Å². The monoisotopic (exact) mass is 591 g/mol. The van der Waals surface area contributed by atoms with Crippen LogP contribution in [0.5, 0.6) is 0 Å². The molecule has 6 atom stereocenters. The molecule has 0 spiro atoms. The molecular formula is C29H28Cl3NO6. The highest BCUT2D eigenvalue weighted by Crippen LogP contribution is 2.38. The second-order valence-corrected chi connectivity index (χ2v) is 11.5. The molecule has 2 fully saturated rings. The van der Waals surface area contributed by atoms with E-state index in [0.29, 0.717) is 0 Å². The highest BCUT2D eigenvalue weighted by atomic mass is 35.6. The summed E-state index contributed by atoms with van der Waals surface area (Å²) in [5, 5.41) is 8.18. The Balaban J connectivity index is 1.44. The van der Waals surface area contributed by atoms with Crippen LogP contribution >= 0.6 is 34.8 Å². The van der Waals surface area contributed by atoms with Crippen LogP contribution < -0.4 is 0 Å². The molecule has 2 aliphatic rings. The molecule has 10 heteroatoms. The van der Waals surface area contributed by atoms with E-state index in [-0.39, 0.29) is 19.8 Å². The van der Waals surface area contributed by atoms with Crippen LogP contribution in [-0.2, 0) is 41.6 Å². The lowest BCUT2D eigenvalue weighted by molar-refractivity contribution is -0.363. The lowest BCUT2D eigenvalue weighted by Gasteiger charge is -2.48. The van der Waals surface area contributed by atoms with Crippen molar-refractivity contribution >= 4 is 40.7 Å². The largest absolute Gasteiger partial charge is 0.445 e. The van der Waals surface area contributed by atoms with Gasteiger partial charge in [0.1, 0.15) is 24.4 Å². The number of rotatable bonds is 8. The predicted octanol–water partition coefficient (Wildman–Crippen LogP) is 6.36. The van der Waals surface area contributed by atoms with Crippen LogP contribution in [0, 0.1) is 5.41 Å². The highest BCUT2D eigenvalue weighted by molar-refractivity contribution is 6.76. The molecule has 0 saturated carbocycles. The summed E-state index contributed by atoms with van der Waals surface area (Å²) in [6, 6.07) is 29.1. The van der Waals surface area contributed by atoms with Gasteiger partial charge in [0.2, 0.25) is 12.2 Å². The van der Waals surface area contributed by atoms with Gasteiger partial charge in [0.25, 0.3) is 3.79 Å². The third kappa shape index (κ3) is 7.31. The quantitative estimate of drug-likeness (QED) is 0.186. The molecule has 5 rings (SSSR count). The molecule has 0 bridgehead atoms. The fourth-order valence-corrected chi connectivity index (χ4v) is 4.64. The second-order valence-electron chi connectivity index (χ2n) is 9.19. The summed E-state index contributed by atoms with van der Waals surface area (Å²) >= 11 is 17.8. The summed E-state index contributed by atoms with van der Waals surface area (Å²) in [6.07, 6.45) is -4.41. The average Bonchev–Trinajstić information content (AvgIpc) is 2.96. The van der Waals surface area contributed by atoms with E-state index in [0.717, 1.165) is 16.7 Å². The second kappa shape index (κ2) is 13.0. The molecule has 1 unspecified atom stereocenters. The minimum Gasteiger partial charge on any atom is -0.445 e. The van der Waals surface area contributed by atoms with E-state index in [1.165, 1.54) is 0 Å². The Morgan fingerprint density at radius 3 is 1.87 bits per heavy atom. The lowest BCUT2D eigenvalue weighted by atomic mass is 9.97. The maximum Gasteiger partial charge on any atom is 0.265 e. The van der Waals surface area contributed by atoms with Gasteiger partial charge in [-0.2, -0.15) is 0 Å². The number of halogens is 3. The topological polar surface area (TPSA) is 79.2 Å². The number of nitrogens with one attached hydrogen (secondary N) is 1. The first kappa shape index (κ1) is 28.3. The zero-order valence-corrected chi connectivity index (χ0v) is 23.1. The number of alkyl halides is 3. The summed E-state index contributed by atoms with van der Waals surface area (Å²) in [5.74, 6) is -0.592.